The summed E-state index contributed by atoms with van der Waals surface area (Å²) >= 11 is 0. The lowest BCUT2D eigenvalue weighted by molar-refractivity contribution is -0.116. The predicted molar refractivity (Wildman–Crippen MR) is 73.8 cm³/mol. The third-order valence-electron chi connectivity index (χ3n) is 2.96. The van der Waals surface area contributed by atoms with Gasteiger partial charge in [-0.25, -0.2) is 0 Å². The summed E-state index contributed by atoms with van der Waals surface area (Å²) in [4.78, 5) is 11.8. The molecule has 1 unspecified atom stereocenters. The van der Waals surface area contributed by atoms with Crippen molar-refractivity contribution in [3.05, 3.63) is 23.8 Å². The fraction of sp³-hybridized carbons (Fsp3) is 0.500. The summed E-state index contributed by atoms with van der Waals surface area (Å²) in [6.07, 6.45) is 0.336. The number of carbonyl (C=O) groups excluding carboxylic acids is 1. The van der Waals surface area contributed by atoms with Crippen LogP contribution in [0.15, 0.2) is 18.2 Å². The molecule has 0 aliphatic heterocycles. The monoisotopic (exact) mass is 250 g/mol. The maximum absolute atomic E-state index is 11.8. The third-order valence-corrected chi connectivity index (χ3v) is 2.96. The van der Waals surface area contributed by atoms with E-state index in [1.165, 1.54) is 0 Å². The number of nitrogens with one attached hydrogen (secondary N) is 1. The first-order valence-corrected chi connectivity index (χ1v) is 6.14. The summed E-state index contributed by atoms with van der Waals surface area (Å²) in [6, 6.07) is 5.44. The van der Waals surface area contributed by atoms with Gasteiger partial charge in [-0.2, -0.15) is 0 Å². The molecule has 0 aliphatic rings. The van der Waals surface area contributed by atoms with Gasteiger partial charge in [0.15, 0.2) is 0 Å². The fourth-order valence-electron chi connectivity index (χ4n) is 1.62. The molecule has 4 heteroatoms. The van der Waals surface area contributed by atoms with Crippen LogP contribution in [0.3, 0.4) is 0 Å². The number of hydrogen-bond acceptors (Lipinski definition) is 3. The van der Waals surface area contributed by atoms with Crippen LogP contribution in [-0.4, -0.2) is 19.1 Å². The van der Waals surface area contributed by atoms with Gasteiger partial charge in [0.05, 0.1) is 7.11 Å². The summed E-state index contributed by atoms with van der Waals surface area (Å²) in [5.41, 5.74) is 7.63. The molecule has 0 saturated heterocycles. The molecule has 1 atom stereocenters. The highest BCUT2D eigenvalue weighted by Crippen LogP contribution is 2.21. The second kappa shape index (κ2) is 6.40. The van der Waals surface area contributed by atoms with Gasteiger partial charge in [0.1, 0.15) is 5.75 Å². The zero-order chi connectivity index (χ0) is 13.7. The van der Waals surface area contributed by atoms with Gasteiger partial charge in [0, 0.05) is 18.2 Å². The van der Waals surface area contributed by atoms with E-state index in [9.17, 15) is 4.79 Å². The van der Waals surface area contributed by atoms with Crippen LogP contribution in [-0.2, 0) is 4.79 Å². The zero-order valence-corrected chi connectivity index (χ0v) is 11.5. The smallest absolute Gasteiger partial charge is 0.225 e. The molecule has 0 bridgehead atoms. The standard InChI is InChI=1S/C14H22N2O2/c1-9(2)12(15)8-14(17)16-11-5-6-13(18-4)10(3)7-11/h5-7,9,12H,8,15H2,1-4H3,(H,16,17). The van der Waals surface area contributed by atoms with Gasteiger partial charge in [-0.1, -0.05) is 13.8 Å². The number of ether oxygens (including phenoxy) is 1. The van der Waals surface area contributed by atoms with Gasteiger partial charge in [-0.05, 0) is 36.6 Å². The summed E-state index contributed by atoms with van der Waals surface area (Å²) in [6.45, 7) is 5.96. The summed E-state index contributed by atoms with van der Waals surface area (Å²) < 4.78 is 5.17. The van der Waals surface area contributed by atoms with Gasteiger partial charge in [0.25, 0.3) is 0 Å². The SMILES string of the molecule is COc1ccc(NC(=O)CC(N)C(C)C)cc1C. The molecule has 1 aromatic rings. The molecule has 0 radical (unpaired) electrons. The number of benzene rings is 1. The highest BCUT2D eigenvalue weighted by atomic mass is 16.5. The molecule has 0 saturated carbocycles. The van der Waals surface area contributed by atoms with Crippen molar-refractivity contribution in [2.24, 2.45) is 11.7 Å². The number of methoxy groups -OCH3 is 1. The van der Waals surface area contributed by atoms with Crippen molar-refractivity contribution in [1.29, 1.82) is 0 Å². The Morgan fingerprint density at radius 1 is 1.44 bits per heavy atom. The number of carbonyl (C=O) groups is 1. The van der Waals surface area contributed by atoms with E-state index in [-0.39, 0.29) is 11.9 Å². The highest BCUT2D eigenvalue weighted by Gasteiger charge is 2.13. The van der Waals surface area contributed by atoms with E-state index in [2.05, 4.69) is 5.32 Å². The predicted octanol–water partition coefficient (Wildman–Crippen LogP) is 2.32. The lowest BCUT2D eigenvalue weighted by atomic mass is 10.0. The molecular weight excluding hydrogens is 228 g/mol. The Morgan fingerprint density at radius 3 is 2.61 bits per heavy atom. The van der Waals surface area contributed by atoms with Crippen molar-refractivity contribution in [2.45, 2.75) is 33.2 Å². The first-order chi connectivity index (χ1) is 8.43. The number of hydrogen-bond donors (Lipinski definition) is 2. The molecule has 100 valence electrons. The molecule has 18 heavy (non-hydrogen) atoms. The average Bonchev–Trinajstić information content (AvgIpc) is 2.28. The molecule has 0 fully saturated rings. The number of nitrogens with two attached hydrogens (primary N) is 1. The normalized spacial score (nSPS) is 12.3. The van der Waals surface area contributed by atoms with E-state index in [0.717, 1.165) is 17.0 Å². The summed E-state index contributed by atoms with van der Waals surface area (Å²) in [5.74, 6) is 1.06. The largest absolute Gasteiger partial charge is 0.496 e. The second-order valence-corrected chi connectivity index (χ2v) is 4.84. The van der Waals surface area contributed by atoms with Gasteiger partial charge in [0.2, 0.25) is 5.91 Å². The minimum absolute atomic E-state index is 0.0548. The first kappa shape index (κ1) is 14.5. The van der Waals surface area contributed by atoms with Gasteiger partial charge in [-0.15, -0.1) is 0 Å². The van der Waals surface area contributed by atoms with E-state index in [1.54, 1.807) is 7.11 Å². The molecule has 4 nitrogen and oxygen atoms in total. The van der Waals surface area contributed by atoms with E-state index >= 15 is 0 Å². The second-order valence-electron chi connectivity index (χ2n) is 4.84. The molecule has 3 N–H and O–H groups in total. The van der Waals surface area contributed by atoms with Crippen LogP contribution in [0.4, 0.5) is 5.69 Å². The molecular formula is C14H22N2O2. The van der Waals surface area contributed by atoms with E-state index in [1.807, 2.05) is 39.0 Å². The number of aryl methyl sites for hydroxylation is 1. The van der Waals surface area contributed by atoms with Crippen molar-refractivity contribution in [2.75, 3.05) is 12.4 Å². The Morgan fingerprint density at radius 2 is 2.11 bits per heavy atom. The van der Waals surface area contributed by atoms with Crippen LogP contribution in [0.1, 0.15) is 25.8 Å². The van der Waals surface area contributed by atoms with Crippen molar-refractivity contribution >= 4 is 11.6 Å². The van der Waals surface area contributed by atoms with Crippen LogP contribution in [0.2, 0.25) is 0 Å². The van der Waals surface area contributed by atoms with Crippen LogP contribution in [0.5, 0.6) is 5.75 Å². The summed E-state index contributed by atoms with van der Waals surface area (Å²) in [7, 11) is 1.63. The van der Waals surface area contributed by atoms with Crippen molar-refractivity contribution in [3.8, 4) is 5.75 Å². The van der Waals surface area contributed by atoms with Crippen LogP contribution < -0.4 is 15.8 Å². The van der Waals surface area contributed by atoms with Crippen LogP contribution >= 0.6 is 0 Å². The van der Waals surface area contributed by atoms with E-state index < -0.39 is 0 Å². The third kappa shape index (κ3) is 4.04. The van der Waals surface area contributed by atoms with Crippen molar-refractivity contribution in [3.63, 3.8) is 0 Å². The van der Waals surface area contributed by atoms with Crippen molar-refractivity contribution in [1.82, 2.24) is 0 Å². The van der Waals surface area contributed by atoms with Crippen molar-refractivity contribution < 1.29 is 9.53 Å². The number of amides is 1. The molecule has 1 rings (SSSR count). The maximum atomic E-state index is 11.8. The van der Waals surface area contributed by atoms with Crippen LogP contribution in [0.25, 0.3) is 0 Å². The Bertz CT molecular complexity index is 416. The lowest BCUT2D eigenvalue weighted by Gasteiger charge is -2.15. The molecule has 1 aromatic carbocycles. The first-order valence-electron chi connectivity index (χ1n) is 6.14. The Balaban J connectivity index is 2.62. The lowest BCUT2D eigenvalue weighted by Crippen LogP contribution is -2.31. The van der Waals surface area contributed by atoms with Gasteiger partial charge in [-0.3, -0.25) is 4.79 Å². The minimum atomic E-state index is -0.107. The maximum Gasteiger partial charge on any atom is 0.225 e. The fourth-order valence-corrected chi connectivity index (χ4v) is 1.62. The molecule has 0 spiro atoms. The highest BCUT2D eigenvalue weighted by molar-refractivity contribution is 5.91. The minimum Gasteiger partial charge on any atom is -0.496 e. The summed E-state index contributed by atoms with van der Waals surface area (Å²) in [5, 5.41) is 2.85. The molecule has 0 aliphatic carbocycles. The van der Waals surface area contributed by atoms with E-state index in [4.69, 9.17) is 10.5 Å². The Labute approximate surface area is 109 Å². The Kier molecular flexibility index (Phi) is 5.16. The molecule has 1 amide bonds. The topological polar surface area (TPSA) is 64.3 Å². The van der Waals surface area contributed by atoms with Gasteiger partial charge < -0.3 is 15.8 Å². The molecule has 0 aromatic heterocycles. The number of anilines is 1. The quantitative estimate of drug-likeness (QED) is 0.843. The number of rotatable bonds is 5. The zero-order valence-electron chi connectivity index (χ0n) is 11.5. The Hall–Kier alpha value is -1.55. The van der Waals surface area contributed by atoms with E-state index in [0.29, 0.717) is 12.3 Å². The van der Waals surface area contributed by atoms with Gasteiger partial charge >= 0.3 is 0 Å². The average molecular weight is 250 g/mol. The van der Waals surface area contributed by atoms with Crippen LogP contribution in [0, 0.1) is 12.8 Å². The molecule has 0 heterocycles.